The van der Waals surface area contributed by atoms with E-state index in [2.05, 4.69) is 45.4 Å². The summed E-state index contributed by atoms with van der Waals surface area (Å²) in [6, 6.07) is 5.97. The van der Waals surface area contributed by atoms with Crippen LogP contribution >= 0.6 is 23.1 Å². The van der Waals surface area contributed by atoms with Crippen LogP contribution in [0.1, 0.15) is 47.8 Å². The first-order chi connectivity index (χ1) is 14.6. The van der Waals surface area contributed by atoms with Gasteiger partial charge in [-0.1, -0.05) is 30.8 Å². The molecule has 2 heterocycles. The van der Waals surface area contributed by atoms with Crippen LogP contribution in [0.15, 0.2) is 28.7 Å². The highest BCUT2D eigenvalue weighted by molar-refractivity contribution is 7.99. The summed E-state index contributed by atoms with van der Waals surface area (Å²) in [4.78, 5) is 14.1. The van der Waals surface area contributed by atoms with Gasteiger partial charge in [0.15, 0.2) is 11.0 Å². The molecule has 0 atom stereocenters. The van der Waals surface area contributed by atoms with E-state index in [9.17, 15) is 4.79 Å². The van der Waals surface area contributed by atoms with Crippen molar-refractivity contribution >= 4 is 34.7 Å². The monoisotopic (exact) mass is 440 g/mol. The Morgan fingerprint density at radius 3 is 2.90 bits per heavy atom. The van der Waals surface area contributed by atoms with Crippen molar-refractivity contribution in [2.45, 2.75) is 64.6 Å². The van der Waals surface area contributed by atoms with Crippen molar-refractivity contribution in [1.82, 2.24) is 14.8 Å². The van der Waals surface area contributed by atoms with E-state index in [4.69, 9.17) is 0 Å². The second kappa shape index (κ2) is 9.35. The number of nitrogens with one attached hydrogen (secondary N) is 1. The van der Waals surface area contributed by atoms with Gasteiger partial charge >= 0.3 is 0 Å². The quantitative estimate of drug-likeness (QED) is 0.483. The van der Waals surface area contributed by atoms with Gasteiger partial charge in [-0.15, -0.1) is 21.5 Å². The molecule has 0 fully saturated rings. The van der Waals surface area contributed by atoms with Gasteiger partial charge in [-0.3, -0.25) is 4.79 Å². The Balaban J connectivity index is 1.50. The summed E-state index contributed by atoms with van der Waals surface area (Å²) in [5.41, 5.74) is 5.85. The van der Waals surface area contributed by atoms with Crippen molar-refractivity contribution in [3.05, 3.63) is 45.1 Å². The van der Waals surface area contributed by atoms with Crippen molar-refractivity contribution in [2.24, 2.45) is 0 Å². The number of hydrogen-bond acceptors (Lipinski definition) is 5. The van der Waals surface area contributed by atoms with Gasteiger partial charge in [0.05, 0.1) is 5.75 Å². The number of carbonyl (C=O) groups is 1. The molecule has 1 aromatic carbocycles. The smallest absolute Gasteiger partial charge is 0.234 e. The van der Waals surface area contributed by atoms with Crippen molar-refractivity contribution in [1.29, 1.82) is 0 Å². The molecule has 1 aliphatic carbocycles. The van der Waals surface area contributed by atoms with Crippen molar-refractivity contribution in [3.63, 3.8) is 0 Å². The third kappa shape index (κ3) is 4.32. The molecule has 158 valence electrons. The first-order valence-corrected chi connectivity index (χ1v) is 12.5. The fourth-order valence-electron chi connectivity index (χ4n) is 3.90. The molecule has 0 bridgehead atoms. The van der Waals surface area contributed by atoms with E-state index >= 15 is 0 Å². The second-order valence-electron chi connectivity index (χ2n) is 7.80. The molecule has 0 spiro atoms. The first kappa shape index (κ1) is 21.1. The van der Waals surface area contributed by atoms with Crippen LogP contribution in [0.4, 0.5) is 5.69 Å². The van der Waals surface area contributed by atoms with Crippen LogP contribution in [0.3, 0.4) is 0 Å². The van der Waals surface area contributed by atoms with Crippen molar-refractivity contribution < 1.29 is 4.79 Å². The normalized spacial score (nSPS) is 13.3. The Morgan fingerprint density at radius 2 is 2.07 bits per heavy atom. The van der Waals surface area contributed by atoms with Crippen molar-refractivity contribution in [3.8, 4) is 11.4 Å². The summed E-state index contributed by atoms with van der Waals surface area (Å²) in [5, 5.41) is 15.1. The number of benzene rings is 1. The number of nitrogens with zero attached hydrogens (tertiary/aromatic N) is 3. The number of amides is 1. The largest absolute Gasteiger partial charge is 0.325 e. The van der Waals surface area contributed by atoms with Crippen LogP contribution < -0.4 is 5.32 Å². The third-order valence-electron chi connectivity index (χ3n) is 5.68. The number of anilines is 1. The SMILES string of the molecule is CCCn1c(SCC(=O)Nc2cccc(C)c2C)nnc1-c1csc2c1CCCC2. The Labute approximate surface area is 186 Å². The van der Waals surface area contributed by atoms with Gasteiger partial charge in [0.2, 0.25) is 5.91 Å². The molecule has 3 aromatic rings. The fraction of sp³-hybridized carbons (Fsp3) is 0.435. The van der Waals surface area contributed by atoms with Gasteiger partial charge in [-0.2, -0.15) is 0 Å². The average molecular weight is 441 g/mol. The van der Waals surface area contributed by atoms with Crippen LogP contribution in [0.25, 0.3) is 11.4 Å². The molecule has 1 amide bonds. The van der Waals surface area contributed by atoms with Gasteiger partial charge < -0.3 is 9.88 Å². The molecule has 1 aliphatic rings. The molecule has 0 aliphatic heterocycles. The molecule has 5 nitrogen and oxygen atoms in total. The fourth-order valence-corrected chi connectivity index (χ4v) is 5.79. The van der Waals surface area contributed by atoms with Crippen LogP contribution in [-0.4, -0.2) is 26.4 Å². The minimum absolute atomic E-state index is 0.0192. The van der Waals surface area contributed by atoms with Gasteiger partial charge in [0.25, 0.3) is 0 Å². The molecule has 1 N–H and O–H groups in total. The lowest BCUT2D eigenvalue weighted by atomic mass is 9.95. The standard InChI is InChI=1S/C23H28N4OS2/c1-4-12-27-22(18-13-29-20-11-6-5-9-17(18)20)25-26-23(27)30-14-21(28)24-19-10-7-8-15(2)16(19)3/h7-8,10,13H,4-6,9,11-12,14H2,1-3H3,(H,24,28). The van der Waals surface area contributed by atoms with E-state index in [1.54, 1.807) is 0 Å². The van der Waals surface area contributed by atoms with E-state index in [1.807, 2.05) is 30.4 Å². The number of thioether (sulfide) groups is 1. The number of thiophene rings is 1. The molecule has 0 radical (unpaired) electrons. The predicted molar refractivity (Wildman–Crippen MR) is 126 cm³/mol. The summed E-state index contributed by atoms with van der Waals surface area (Å²) < 4.78 is 2.19. The predicted octanol–water partition coefficient (Wildman–Crippen LogP) is 5.64. The highest BCUT2D eigenvalue weighted by Gasteiger charge is 2.22. The average Bonchev–Trinajstić information content (AvgIpc) is 3.34. The molecule has 0 unspecified atom stereocenters. The van der Waals surface area contributed by atoms with E-state index in [0.29, 0.717) is 5.75 Å². The molecule has 2 aromatic heterocycles. The molecule has 7 heteroatoms. The second-order valence-corrected chi connectivity index (χ2v) is 9.71. The zero-order valence-electron chi connectivity index (χ0n) is 17.8. The van der Waals surface area contributed by atoms with Gasteiger partial charge in [0, 0.05) is 28.1 Å². The lowest BCUT2D eigenvalue weighted by molar-refractivity contribution is -0.113. The summed E-state index contributed by atoms with van der Waals surface area (Å²) in [5.74, 6) is 1.25. The molecule has 0 saturated carbocycles. The number of carbonyl (C=O) groups excluding carboxylic acids is 1. The van der Waals surface area contributed by atoms with E-state index < -0.39 is 0 Å². The van der Waals surface area contributed by atoms with Gasteiger partial charge in [-0.25, -0.2) is 0 Å². The van der Waals surface area contributed by atoms with E-state index in [1.165, 1.54) is 52.6 Å². The lowest BCUT2D eigenvalue weighted by Gasteiger charge is -2.14. The molecule has 30 heavy (non-hydrogen) atoms. The van der Waals surface area contributed by atoms with Gasteiger partial charge in [0.1, 0.15) is 0 Å². The van der Waals surface area contributed by atoms with Crippen LogP contribution in [-0.2, 0) is 24.2 Å². The van der Waals surface area contributed by atoms with Crippen LogP contribution in [0.2, 0.25) is 0 Å². The highest BCUT2D eigenvalue weighted by Crippen LogP contribution is 2.37. The molecular weight excluding hydrogens is 412 g/mol. The van der Waals surface area contributed by atoms with E-state index in [0.717, 1.165) is 41.6 Å². The zero-order valence-corrected chi connectivity index (χ0v) is 19.5. The Morgan fingerprint density at radius 1 is 1.23 bits per heavy atom. The summed E-state index contributed by atoms with van der Waals surface area (Å²) in [6.45, 7) is 7.10. The minimum Gasteiger partial charge on any atom is -0.325 e. The van der Waals surface area contributed by atoms with Crippen LogP contribution in [0, 0.1) is 13.8 Å². The highest BCUT2D eigenvalue weighted by atomic mass is 32.2. The van der Waals surface area contributed by atoms with Crippen LogP contribution in [0.5, 0.6) is 0 Å². The maximum absolute atomic E-state index is 12.6. The number of aromatic nitrogens is 3. The Hall–Kier alpha value is -2.12. The lowest BCUT2D eigenvalue weighted by Crippen LogP contribution is -2.15. The maximum Gasteiger partial charge on any atom is 0.234 e. The maximum atomic E-state index is 12.6. The molecule has 4 rings (SSSR count). The topological polar surface area (TPSA) is 59.8 Å². The number of rotatable bonds is 7. The van der Waals surface area contributed by atoms with Crippen molar-refractivity contribution in [2.75, 3.05) is 11.1 Å². The van der Waals surface area contributed by atoms with E-state index in [-0.39, 0.29) is 5.91 Å². The Kier molecular flexibility index (Phi) is 6.58. The number of hydrogen-bond donors (Lipinski definition) is 1. The minimum atomic E-state index is -0.0192. The van der Waals surface area contributed by atoms with Gasteiger partial charge in [-0.05, 0) is 68.7 Å². The molecule has 0 saturated heterocycles. The zero-order chi connectivity index (χ0) is 21.1. The molecular formula is C23H28N4OS2. The third-order valence-corrected chi connectivity index (χ3v) is 7.73. The Bertz CT molecular complexity index is 1050. The summed E-state index contributed by atoms with van der Waals surface area (Å²) >= 11 is 3.31. The number of fused-ring (bicyclic) bond motifs is 1. The summed E-state index contributed by atoms with van der Waals surface area (Å²) in [6.07, 6.45) is 5.85. The number of aryl methyl sites for hydroxylation is 2. The first-order valence-electron chi connectivity index (χ1n) is 10.6. The summed E-state index contributed by atoms with van der Waals surface area (Å²) in [7, 11) is 0.